The van der Waals surface area contributed by atoms with E-state index < -0.39 is 11.9 Å². The minimum absolute atomic E-state index is 0.0416. The molecule has 4 aromatic rings. The number of nitrogens with zero attached hydrogens (tertiary/aromatic N) is 1. The fourth-order valence-electron chi connectivity index (χ4n) is 3.97. The molecular weight excluding hydrogens is 424 g/mol. The van der Waals surface area contributed by atoms with Gasteiger partial charge in [-0.1, -0.05) is 30.3 Å². The number of furan rings is 1. The van der Waals surface area contributed by atoms with Crippen LogP contribution in [0.2, 0.25) is 0 Å². The van der Waals surface area contributed by atoms with Crippen LogP contribution in [0.4, 0.5) is 5.82 Å². The molecular formula is C25H22N2O6. The highest BCUT2D eigenvalue weighted by atomic mass is 16.5. The number of anilines is 1. The summed E-state index contributed by atoms with van der Waals surface area (Å²) < 4.78 is 17.4. The van der Waals surface area contributed by atoms with E-state index in [4.69, 9.17) is 19.6 Å². The van der Waals surface area contributed by atoms with Gasteiger partial charge < -0.3 is 19.6 Å². The predicted octanol–water partition coefficient (Wildman–Crippen LogP) is 4.28. The molecule has 0 saturated heterocycles. The minimum Gasteiger partial charge on any atom is -0.465 e. The lowest BCUT2D eigenvalue weighted by atomic mass is 9.97. The topological polar surface area (TPSA) is 113 Å². The Balaban J connectivity index is 2.13. The number of aryl methyl sites for hydroxylation is 1. The van der Waals surface area contributed by atoms with E-state index in [-0.39, 0.29) is 46.2 Å². The van der Waals surface area contributed by atoms with E-state index in [2.05, 4.69) is 0 Å². The van der Waals surface area contributed by atoms with Gasteiger partial charge in [-0.25, -0.2) is 9.59 Å². The average molecular weight is 446 g/mol. The summed E-state index contributed by atoms with van der Waals surface area (Å²) in [5.41, 5.74) is 8.11. The Hall–Kier alpha value is -4.33. The molecule has 0 radical (unpaired) electrons. The summed E-state index contributed by atoms with van der Waals surface area (Å²) in [6, 6.07) is 13.5. The van der Waals surface area contributed by atoms with Crippen LogP contribution in [0, 0.1) is 6.92 Å². The van der Waals surface area contributed by atoms with E-state index in [1.54, 1.807) is 56.3 Å². The Morgan fingerprint density at radius 2 is 1.76 bits per heavy atom. The first-order chi connectivity index (χ1) is 15.9. The molecule has 2 N–H and O–H groups in total. The molecule has 3 heterocycles. The van der Waals surface area contributed by atoms with Crippen LogP contribution in [0.25, 0.3) is 16.8 Å². The first-order valence-corrected chi connectivity index (χ1v) is 10.3. The van der Waals surface area contributed by atoms with Crippen molar-refractivity contribution in [3.63, 3.8) is 0 Å². The van der Waals surface area contributed by atoms with Crippen molar-refractivity contribution in [3.05, 3.63) is 82.7 Å². The molecule has 33 heavy (non-hydrogen) atoms. The number of carbonyl (C=O) groups is 3. The van der Waals surface area contributed by atoms with Gasteiger partial charge in [0.1, 0.15) is 11.6 Å². The molecule has 4 rings (SSSR count). The molecule has 0 aliphatic rings. The number of nitrogen functional groups attached to an aromatic ring is 1. The zero-order valence-electron chi connectivity index (χ0n) is 18.4. The fraction of sp³-hybridized carbons (Fsp3) is 0.160. The van der Waals surface area contributed by atoms with Crippen LogP contribution in [0.1, 0.15) is 49.3 Å². The van der Waals surface area contributed by atoms with E-state index >= 15 is 0 Å². The van der Waals surface area contributed by atoms with Gasteiger partial charge >= 0.3 is 11.9 Å². The van der Waals surface area contributed by atoms with Crippen molar-refractivity contribution < 1.29 is 28.3 Å². The van der Waals surface area contributed by atoms with Crippen molar-refractivity contribution in [2.45, 2.75) is 13.8 Å². The van der Waals surface area contributed by atoms with Crippen molar-refractivity contribution in [2.75, 3.05) is 19.5 Å². The summed E-state index contributed by atoms with van der Waals surface area (Å²) in [5, 5.41) is 0. The summed E-state index contributed by atoms with van der Waals surface area (Å²) in [7, 11) is 1.23. The highest BCUT2D eigenvalue weighted by Gasteiger charge is 2.32. The number of rotatable bonds is 6. The number of nitrogens with two attached hydrogens (primary N) is 1. The molecule has 0 aliphatic carbocycles. The Morgan fingerprint density at radius 1 is 1.03 bits per heavy atom. The van der Waals surface area contributed by atoms with E-state index in [1.807, 2.05) is 0 Å². The number of hydrogen-bond donors (Lipinski definition) is 1. The number of benzene rings is 1. The molecule has 1 aromatic carbocycles. The van der Waals surface area contributed by atoms with E-state index in [1.165, 1.54) is 23.8 Å². The maximum Gasteiger partial charge on any atom is 0.340 e. The quantitative estimate of drug-likeness (QED) is 0.347. The number of carbonyl (C=O) groups excluding carboxylic acids is 3. The lowest BCUT2D eigenvalue weighted by Gasteiger charge is -2.17. The van der Waals surface area contributed by atoms with Gasteiger partial charge in [0.15, 0.2) is 5.78 Å². The molecule has 0 bridgehead atoms. The van der Waals surface area contributed by atoms with Crippen molar-refractivity contribution in [1.82, 2.24) is 4.40 Å². The van der Waals surface area contributed by atoms with Crippen LogP contribution in [0.5, 0.6) is 0 Å². The minimum atomic E-state index is -0.715. The second-order valence-corrected chi connectivity index (χ2v) is 7.26. The first kappa shape index (κ1) is 21.9. The number of aromatic nitrogens is 1. The second-order valence-electron chi connectivity index (χ2n) is 7.26. The molecule has 8 nitrogen and oxygen atoms in total. The molecule has 168 valence electrons. The van der Waals surface area contributed by atoms with Crippen molar-refractivity contribution in [2.24, 2.45) is 0 Å². The van der Waals surface area contributed by atoms with Gasteiger partial charge in [0, 0.05) is 11.3 Å². The molecule has 3 aromatic heterocycles. The Morgan fingerprint density at radius 3 is 2.36 bits per heavy atom. The molecule has 0 unspecified atom stereocenters. The van der Waals surface area contributed by atoms with Crippen LogP contribution < -0.4 is 5.73 Å². The molecule has 0 saturated carbocycles. The van der Waals surface area contributed by atoms with E-state index in [0.29, 0.717) is 16.8 Å². The third-order valence-electron chi connectivity index (χ3n) is 5.41. The third kappa shape index (κ3) is 3.55. The number of esters is 2. The van der Waals surface area contributed by atoms with Gasteiger partial charge in [-0.2, -0.15) is 0 Å². The van der Waals surface area contributed by atoms with Gasteiger partial charge in [0.05, 0.1) is 47.8 Å². The SMILES string of the molecule is CCOC(=O)c1c(-c2ccco2)c(C(=O)OC)c2cc(C(=O)c3ccccc3)c(N)n2c1C. The highest BCUT2D eigenvalue weighted by Crippen LogP contribution is 2.38. The van der Waals surface area contributed by atoms with Crippen LogP contribution in [-0.4, -0.2) is 35.8 Å². The van der Waals surface area contributed by atoms with Crippen molar-refractivity contribution in [3.8, 4) is 11.3 Å². The summed E-state index contributed by atoms with van der Waals surface area (Å²) in [5.74, 6) is -1.31. The van der Waals surface area contributed by atoms with Gasteiger partial charge in [-0.3, -0.25) is 9.20 Å². The zero-order chi connectivity index (χ0) is 23.7. The number of hydrogen-bond acceptors (Lipinski definition) is 7. The Labute approximate surface area is 189 Å². The molecule has 0 aliphatic heterocycles. The smallest absolute Gasteiger partial charge is 0.340 e. The monoisotopic (exact) mass is 446 g/mol. The summed E-state index contributed by atoms with van der Waals surface area (Å²) in [4.78, 5) is 39.2. The third-order valence-corrected chi connectivity index (χ3v) is 5.41. The van der Waals surface area contributed by atoms with Crippen LogP contribution in [-0.2, 0) is 9.47 Å². The number of fused-ring (bicyclic) bond motifs is 1. The number of pyridine rings is 1. The maximum absolute atomic E-state index is 13.2. The Kier molecular flexibility index (Phi) is 5.74. The summed E-state index contributed by atoms with van der Waals surface area (Å²) in [6.45, 7) is 3.47. The average Bonchev–Trinajstić information content (AvgIpc) is 3.47. The number of ether oxygens (including phenoxy) is 2. The summed E-state index contributed by atoms with van der Waals surface area (Å²) in [6.07, 6.45) is 1.43. The van der Waals surface area contributed by atoms with Crippen LogP contribution in [0.3, 0.4) is 0 Å². The van der Waals surface area contributed by atoms with Gasteiger partial charge in [0.25, 0.3) is 0 Å². The van der Waals surface area contributed by atoms with E-state index in [0.717, 1.165) is 0 Å². The lowest BCUT2D eigenvalue weighted by molar-refractivity contribution is 0.0525. The second kappa shape index (κ2) is 8.66. The molecule has 0 atom stereocenters. The van der Waals surface area contributed by atoms with Crippen LogP contribution >= 0.6 is 0 Å². The molecule has 0 fully saturated rings. The van der Waals surface area contributed by atoms with Crippen LogP contribution in [0.15, 0.2) is 59.2 Å². The van der Waals surface area contributed by atoms with Crippen molar-refractivity contribution >= 4 is 29.1 Å². The molecule has 0 spiro atoms. The molecule has 0 amide bonds. The standard InChI is InChI=1S/C25H22N2O6/c1-4-32-25(30)19-14(2)27-17(20(24(29)31-3)21(19)18-11-8-12-33-18)13-16(23(27)26)22(28)15-9-6-5-7-10-15/h5-13H,4,26H2,1-3H3. The number of ketones is 1. The van der Waals surface area contributed by atoms with Crippen molar-refractivity contribution in [1.29, 1.82) is 0 Å². The Bertz CT molecular complexity index is 1370. The van der Waals surface area contributed by atoms with E-state index in [9.17, 15) is 14.4 Å². The fourth-order valence-corrected chi connectivity index (χ4v) is 3.97. The van der Waals surface area contributed by atoms with Gasteiger partial charge in [-0.05, 0) is 32.0 Å². The predicted molar refractivity (Wildman–Crippen MR) is 121 cm³/mol. The normalized spacial score (nSPS) is 10.9. The molecule has 8 heteroatoms. The number of methoxy groups -OCH3 is 1. The zero-order valence-corrected chi connectivity index (χ0v) is 18.4. The highest BCUT2D eigenvalue weighted by molar-refractivity contribution is 6.16. The largest absolute Gasteiger partial charge is 0.465 e. The first-order valence-electron chi connectivity index (χ1n) is 10.3. The van der Waals surface area contributed by atoms with Gasteiger partial charge in [0.2, 0.25) is 0 Å². The van der Waals surface area contributed by atoms with Gasteiger partial charge in [-0.15, -0.1) is 0 Å². The maximum atomic E-state index is 13.2. The summed E-state index contributed by atoms with van der Waals surface area (Å²) >= 11 is 0. The lowest BCUT2D eigenvalue weighted by Crippen LogP contribution is -2.17.